The first kappa shape index (κ1) is 17.4. The van der Waals surface area contributed by atoms with E-state index in [4.69, 9.17) is 20.4 Å². The van der Waals surface area contributed by atoms with E-state index < -0.39 is 5.91 Å². The molecule has 1 amide bonds. The van der Waals surface area contributed by atoms with E-state index in [1.165, 1.54) is 18.1 Å². The Kier molecular flexibility index (Phi) is 4.50. The van der Waals surface area contributed by atoms with Gasteiger partial charge in [-0.05, 0) is 12.1 Å². The van der Waals surface area contributed by atoms with E-state index >= 15 is 0 Å². The molecule has 1 aliphatic rings. The number of rotatable bonds is 5. The summed E-state index contributed by atoms with van der Waals surface area (Å²) in [4.78, 5) is 25.2. The molecule has 0 fully saturated rings. The van der Waals surface area contributed by atoms with E-state index in [1.54, 1.807) is 10.0 Å². The molecule has 1 aromatic carbocycles. The van der Waals surface area contributed by atoms with Gasteiger partial charge in [0.1, 0.15) is 14.2 Å². The molecule has 4 rings (SSSR count). The number of benzene rings is 1. The summed E-state index contributed by atoms with van der Waals surface area (Å²) in [5, 5.41) is 9.35. The smallest absolute Gasteiger partial charge is 0.245 e. The Bertz CT molecular complexity index is 1040. The largest absolute Gasteiger partial charge is 0.454 e. The third-order valence-corrected chi connectivity index (χ3v) is 5.24. The van der Waals surface area contributed by atoms with Gasteiger partial charge in [-0.15, -0.1) is 0 Å². The predicted octanol–water partition coefficient (Wildman–Crippen LogP) is -0.558. The van der Waals surface area contributed by atoms with Gasteiger partial charge in [-0.25, -0.2) is 20.4 Å². The summed E-state index contributed by atoms with van der Waals surface area (Å²) in [6.07, 6.45) is 1.40. The number of aryl methyl sites for hydroxylation is 1. The molecule has 0 atom stereocenters. The minimum absolute atomic E-state index is 0.0551. The van der Waals surface area contributed by atoms with Gasteiger partial charge in [-0.1, -0.05) is 17.2 Å². The van der Waals surface area contributed by atoms with Crippen molar-refractivity contribution >= 4 is 48.0 Å². The van der Waals surface area contributed by atoms with E-state index in [1.807, 2.05) is 20.0 Å². The average Bonchev–Trinajstić information content (AvgIpc) is 3.25. The van der Waals surface area contributed by atoms with Gasteiger partial charge in [-0.3, -0.25) is 10.0 Å². The molecule has 0 aliphatic carbocycles. The Hall–Kier alpha value is -2.99. The topological polar surface area (TPSA) is 137 Å². The minimum atomic E-state index is -0.505. The lowest BCUT2D eigenvalue weighted by Gasteiger charge is -2.10. The van der Waals surface area contributed by atoms with Crippen LogP contribution in [0, 0.1) is 0 Å². The average molecular weight is 386 g/mol. The number of hydrogen-bond donors (Lipinski definition) is 3. The Balaban J connectivity index is 1.74. The molecule has 27 heavy (non-hydrogen) atoms. The number of nitrogens with zero attached hydrogens (tertiary/aromatic N) is 4. The maximum absolute atomic E-state index is 11.5. The molecule has 3 aromatic rings. The van der Waals surface area contributed by atoms with Gasteiger partial charge in [0.25, 0.3) is 0 Å². The van der Waals surface area contributed by atoms with Crippen LogP contribution >= 0.6 is 11.8 Å². The summed E-state index contributed by atoms with van der Waals surface area (Å²) in [6.45, 7) is 0.467. The van der Waals surface area contributed by atoms with Gasteiger partial charge in [0.15, 0.2) is 33.6 Å². The summed E-state index contributed by atoms with van der Waals surface area (Å²) >= 11 is 1.40. The molecule has 0 radical (unpaired) electrons. The Morgan fingerprint density at radius 3 is 2.93 bits per heavy atom. The molecule has 138 valence electrons. The zero-order chi connectivity index (χ0) is 19.0. The van der Waals surface area contributed by atoms with Gasteiger partial charge in [-0.2, -0.15) is 0 Å². The van der Waals surface area contributed by atoms with Crippen LogP contribution in [0.4, 0.5) is 5.82 Å². The van der Waals surface area contributed by atoms with Crippen molar-refractivity contribution in [3.05, 3.63) is 18.5 Å². The van der Waals surface area contributed by atoms with Crippen molar-refractivity contribution in [3.63, 3.8) is 0 Å². The van der Waals surface area contributed by atoms with E-state index in [9.17, 15) is 4.79 Å². The van der Waals surface area contributed by atoms with Crippen LogP contribution in [0.2, 0.25) is 0 Å². The van der Waals surface area contributed by atoms with Crippen LogP contribution in [0.1, 0.15) is 6.42 Å². The molecule has 0 unspecified atom stereocenters. The highest BCUT2D eigenvalue weighted by Crippen LogP contribution is 2.37. The maximum Gasteiger partial charge on any atom is 0.245 e. The number of amides is 1. The third kappa shape index (κ3) is 3.24. The number of nitrogens with two attached hydrogens (primary N) is 1. The van der Waals surface area contributed by atoms with Crippen molar-refractivity contribution in [1.82, 2.24) is 25.0 Å². The van der Waals surface area contributed by atoms with Gasteiger partial charge in [0.05, 0.1) is 0 Å². The number of nitrogens with one attached hydrogen (secondary N) is 1. The number of imidazole rings is 1. The molecule has 2 aromatic heterocycles. The van der Waals surface area contributed by atoms with Crippen LogP contribution in [0.3, 0.4) is 0 Å². The Morgan fingerprint density at radius 2 is 2.15 bits per heavy atom. The monoisotopic (exact) mass is 386 g/mol. The summed E-state index contributed by atoms with van der Waals surface area (Å²) in [5.74, 6) is 1.13. The Morgan fingerprint density at radius 1 is 1.37 bits per heavy atom. The summed E-state index contributed by atoms with van der Waals surface area (Å²) < 4.78 is 12.6. The number of ether oxygens (including phenoxy) is 2. The fourth-order valence-electron chi connectivity index (χ4n) is 2.72. The first-order chi connectivity index (χ1) is 13.1. The SMILES string of the molecule is Bc1cc2c(cc1Sc1nc3c(N)ncnc3n1CCC(=O)NO)OCO2. The lowest BCUT2D eigenvalue weighted by molar-refractivity contribution is -0.129. The molecular formula is C15H15BN6O4S. The lowest BCUT2D eigenvalue weighted by atomic mass is 9.96. The van der Waals surface area contributed by atoms with Crippen LogP contribution < -0.4 is 26.2 Å². The van der Waals surface area contributed by atoms with Crippen molar-refractivity contribution in [2.75, 3.05) is 12.5 Å². The van der Waals surface area contributed by atoms with Crippen LogP contribution in [0.5, 0.6) is 11.5 Å². The van der Waals surface area contributed by atoms with E-state index in [-0.39, 0.29) is 25.6 Å². The van der Waals surface area contributed by atoms with Crippen molar-refractivity contribution < 1.29 is 19.5 Å². The maximum atomic E-state index is 11.5. The Labute approximate surface area is 158 Å². The molecule has 0 spiro atoms. The molecule has 1 aliphatic heterocycles. The summed E-state index contributed by atoms with van der Waals surface area (Å²) in [7, 11) is 1.96. The number of carbonyl (C=O) groups is 1. The molecule has 0 bridgehead atoms. The molecule has 3 heterocycles. The van der Waals surface area contributed by atoms with Crippen molar-refractivity contribution in [2.45, 2.75) is 23.0 Å². The van der Waals surface area contributed by atoms with Gasteiger partial charge >= 0.3 is 0 Å². The second-order valence-electron chi connectivity index (χ2n) is 5.84. The molecular weight excluding hydrogens is 371 g/mol. The van der Waals surface area contributed by atoms with Gasteiger partial charge < -0.3 is 19.8 Å². The molecule has 10 nitrogen and oxygen atoms in total. The molecule has 0 saturated heterocycles. The fourth-order valence-corrected chi connectivity index (χ4v) is 3.72. The van der Waals surface area contributed by atoms with Crippen molar-refractivity contribution in [3.8, 4) is 11.5 Å². The highest BCUT2D eigenvalue weighted by Gasteiger charge is 2.20. The fraction of sp³-hybridized carbons (Fsp3) is 0.200. The summed E-state index contributed by atoms with van der Waals surface area (Å²) in [6, 6.07) is 3.80. The van der Waals surface area contributed by atoms with Crippen LogP contribution in [-0.2, 0) is 11.3 Å². The van der Waals surface area contributed by atoms with E-state index in [0.717, 1.165) is 10.4 Å². The number of hydrogen-bond acceptors (Lipinski definition) is 9. The number of fused-ring (bicyclic) bond motifs is 2. The quantitative estimate of drug-likeness (QED) is 0.299. The number of carbonyl (C=O) groups excluding carboxylic acids is 1. The number of aromatic nitrogens is 4. The molecule has 12 heteroatoms. The standard InChI is InChI=1S/C15H15BN6O4S/c16-7-3-8-9(26-6-25-8)4-10(7)27-15-20-12-13(17)18-5-19-14(12)22(15)2-1-11(23)21-24/h3-5,24H,1-2,6,16H2,(H,21,23)(H2,17,18,19). The van der Waals surface area contributed by atoms with E-state index in [2.05, 4.69) is 15.0 Å². The molecule has 4 N–H and O–H groups in total. The van der Waals surface area contributed by atoms with Crippen LogP contribution in [0.25, 0.3) is 11.2 Å². The highest BCUT2D eigenvalue weighted by atomic mass is 32.2. The number of nitrogen functional groups attached to an aromatic ring is 1. The van der Waals surface area contributed by atoms with Crippen molar-refractivity contribution in [2.24, 2.45) is 0 Å². The predicted molar refractivity (Wildman–Crippen MR) is 99.1 cm³/mol. The normalized spacial score (nSPS) is 12.5. The summed E-state index contributed by atoms with van der Waals surface area (Å²) in [5.41, 5.74) is 9.53. The van der Waals surface area contributed by atoms with Crippen LogP contribution in [0.15, 0.2) is 28.5 Å². The zero-order valence-corrected chi connectivity index (χ0v) is 15.1. The van der Waals surface area contributed by atoms with E-state index in [0.29, 0.717) is 27.8 Å². The third-order valence-electron chi connectivity index (χ3n) is 4.08. The second kappa shape index (κ2) is 6.97. The highest BCUT2D eigenvalue weighted by molar-refractivity contribution is 7.99. The first-order valence-corrected chi connectivity index (χ1v) is 8.86. The number of hydroxylamine groups is 1. The van der Waals surface area contributed by atoms with Gasteiger partial charge in [0, 0.05) is 17.9 Å². The lowest BCUT2D eigenvalue weighted by Crippen LogP contribution is -2.20. The van der Waals surface area contributed by atoms with Crippen LogP contribution in [-0.4, -0.2) is 45.3 Å². The zero-order valence-electron chi connectivity index (χ0n) is 14.3. The number of anilines is 1. The van der Waals surface area contributed by atoms with Crippen molar-refractivity contribution in [1.29, 1.82) is 0 Å². The second-order valence-corrected chi connectivity index (χ2v) is 6.84. The van der Waals surface area contributed by atoms with Gasteiger partial charge in [0.2, 0.25) is 12.7 Å². The minimum Gasteiger partial charge on any atom is -0.454 e. The first-order valence-electron chi connectivity index (χ1n) is 8.04. The molecule has 0 saturated carbocycles.